The molecule has 0 fully saturated rings. The predicted octanol–water partition coefficient (Wildman–Crippen LogP) is 3.19. The maximum absolute atomic E-state index is 11.3. The molecule has 1 rings (SSSR count). The van der Waals surface area contributed by atoms with Crippen LogP contribution in [0.25, 0.3) is 0 Å². The number of benzene rings is 1. The zero-order valence-electron chi connectivity index (χ0n) is 12.8. The Morgan fingerprint density at radius 1 is 0.857 bits per heavy atom. The van der Waals surface area contributed by atoms with Crippen LogP contribution in [0, 0.1) is 10.1 Å². The van der Waals surface area contributed by atoms with Crippen molar-refractivity contribution in [1.82, 2.24) is 0 Å². The van der Waals surface area contributed by atoms with Gasteiger partial charge in [-0.2, -0.15) is 0 Å². The smallest absolute Gasteiger partial charge is 0.318 e. The molecule has 0 aromatic heterocycles. The average Bonchev–Trinajstić information content (AvgIpc) is 2.44. The first-order chi connectivity index (χ1) is 10.1. The van der Waals surface area contributed by atoms with E-state index in [-0.39, 0.29) is 29.5 Å². The topological polar surface area (TPSA) is 80.1 Å². The van der Waals surface area contributed by atoms with Crippen LogP contribution in [-0.2, 0) is 0 Å². The third kappa shape index (κ3) is 3.90. The third-order valence-electron chi connectivity index (χ3n) is 2.50. The van der Waals surface area contributed by atoms with Crippen LogP contribution in [0.5, 0.6) is 23.0 Å². The minimum atomic E-state index is -0.522. The van der Waals surface area contributed by atoms with Crippen molar-refractivity contribution in [2.24, 2.45) is 0 Å². The summed E-state index contributed by atoms with van der Waals surface area (Å²) >= 11 is 0. The van der Waals surface area contributed by atoms with E-state index in [4.69, 9.17) is 18.9 Å². The Bertz CT molecular complexity index is 489. The van der Waals surface area contributed by atoms with Gasteiger partial charge in [0.15, 0.2) is 5.75 Å². The van der Waals surface area contributed by atoms with Crippen LogP contribution in [-0.4, -0.2) is 31.4 Å². The third-order valence-corrected chi connectivity index (χ3v) is 2.50. The first-order valence-corrected chi connectivity index (χ1v) is 6.97. The highest BCUT2D eigenvalue weighted by Gasteiger charge is 2.29. The van der Waals surface area contributed by atoms with Crippen molar-refractivity contribution in [3.63, 3.8) is 0 Å². The Hall–Kier alpha value is -2.18. The Kier molecular flexibility index (Phi) is 6.58. The van der Waals surface area contributed by atoms with E-state index < -0.39 is 4.92 Å². The maximum atomic E-state index is 11.3. The van der Waals surface area contributed by atoms with E-state index in [0.717, 1.165) is 0 Å². The number of rotatable bonds is 9. The number of hydrogen-bond donors (Lipinski definition) is 0. The number of nitro benzene ring substituents is 1. The lowest BCUT2D eigenvalue weighted by Gasteiger charge is -2.18. The van der Waals surface area contributed by atoms with Gasteiger partial charge in [0.2, 0.25) is 17.2 Å². The predicted molar refractivity (Wildman–Crippen MR) is 77.8 cm³/mol. The van der Waals surface area contributed by atoms with Crippen LogP contribution in [0.1, 0.15) is 27.7 Å². The molecule has 0 radical (unpaired) electrons. The van der Waals surface area contributed by atoms with Crippen LogP contribution in [0.15, 0.2) is 6.07 Å². The average molecular weight is 299 g/mol. The maximum Gasteiger partial charge on any atom is 0.318 e. The van der Waals surface area contributed by atoms with Gasteiger partial charge in [0.1, 0.15) is 0 Å². The van der Waals surface area contributed by atoms with Gasteiger partial charge in [-0.15, -0.1) is 0 Å². The van der Waals surface area contributed by atoms with Gasteiger partial charge < -0.3 is 18.9 Å². The van der Waals surface area contributed by atoms with Crippen molar-refractivity contribution < 1.29 is 23.9 Å². The molecule has 0 bridgehead atoms. The fourth-order valence-corrected chi connectivity index (χ4v) is 1.83. The summed E-state index contributed by atoms with van der Waals surface area (Å²) in [4.78, 5) is 10.7. The van der Waals surface area contributed by atoms with Crippen molar-refractivity contribution in [3.05, 3.63) is 16.2 Å². The quantitative estimate of drug-likeness (QED) is 0.514. The summed E-state index contributed by atoms with van der Waals surface area (Å²) in [5, 5.41) is 11.3. The van der Waals surface area contributed by atoms with Gasteiger partial charge in [-0.1, -0.05) is 0 Å². The van der Waals surface area contributed by atoms with Gasteiger partial charge in [-0.05, 0) is 27.7 Å². The van der Waals surface area contributed by atoms with Crippen molar-refractivity contribution in [2.75, 3.05) is 26.4 Å². The normalized spacial score (nSPS) is 10.1. The van der Waals surface area contributed by atoms with E-state index in [2.05, 4.69) is 0 Å². The molecule has 118 valence electrons. The molecule has 0 aliphatic rings. The minimum absolute atomic E-state index is 0.0660. The highest BCUT2D eigenvalue weighted by molar-refractivity contribution is 5.68. The highest BCUT2D eigenvalue weighted by Crippen LogP contribution is 2.50. The molecule has 0 saturated heterocycles. The molecule has 0 spiro atoms. The lowest BCUT2D eigenvalue weighted by molar-refractivity contribution is -0.386. The van der Waals surface area contributed by atoms with E-state index in [1.54, 1.807) is 20.8 Å². The molecule has 0 heterocycles. The summed E-state index contributed by atoms with van der Waals surface area (Å²) < 4.78 is 21.9. The van der Waals surface area contributed by atoms with Crippen LogP contribution < -0.4 is 18.9 Å². The van der Waals surface area contributed by atoms with Gasteiger partial charge in [0.25, 0.3) is 0 Å². The van der Waals surface area contributed by atoms with Crippen molar-refractivity contribution in [2.45, 2.75) is 27.7 Å². The SMILES string of the molecule is CCOc1cc([N+](=O)[O-])c(OCC)c(OCC)c1OCC. The Morgan fingerprint density at radius 2 is 1.33 bits per heavy atom. The van der Waals surface area contributed by atoms with Gasteiger partial charge in [-0.3, -0.25) is 10.1 Å². The number of hydrogen-bond acceptors (Lipinski definition) is 6. The molecule has 0 amide bonds. The second-order valence-corrected chi connectivity index (χ2v) is 3.87. The van der Waals surface area contributed by atoms with E-state index in [1.165, 1.54) is 6.07 Å². The zero-order valence-corrected chi connectivity index (χ0v) is 12.8. The molecule has 0 aliphatic carbocycles. The first kappa shape index (κ1) is 16.9. The summed E-state index contributed by atoms with van der Waals surface area (Å²) in [6.07, 6.45) is 0. The number of ether oxygens (including phenoxy) is 4. The van der Waals surface area contributed by atoms with E-state index in [0.29, 0.717) is 25.6 Å². The summed E-state index contributed by atoms with van der Waals surface area (Å²) in [6, 6.07) is 1.31. The summed E-state index contributed by atoms with van der Waals surface area (Å²) in [5.41, 5.74) is -0.202. The minimum Gasteiger partial charge on any atom is -0.490 e. The van der Waals surface area contributed by atoms with Gasteiger partial charge in [-0.25, -0.2) is 0 Å². The monoisotopic (exact) mass is 299 g/mol. The van der Waals surface area contributed by atoms with Crippen LogP contribution >= 0.6 is 0 Å². The second-order valence-electron chi connectivity index (χ2n) is 3.87. The molecule has 1 aromatic rings. The summed E-state index contributed by atoms with van der Waals surface area (Å²) in [7, 11) is 0. The standard InChI is InChI=1S/C14H21NO6/c1-5-18-11-9-10(15(16)17)12(19-6-2)14(21-8-4)13(11)20-7-3/h9H,5-8H2,1-4H3. The second kappa shape index (κ2) is 8.18. The Balaban J connectivity index is 3.56. The molecular formula is C14H21NO6. The van der Waals surface area contributed by atoms with Crippen molar-refractivity contribution in [3.8, 4) is 23.0 Å². The van der Waals surface area contributed by atoms with Gasteiger partial charge in [0, 0.05) is 0 Å². The number of nitrogens with zero attached hydrogens (tertiary/aromatic N) is 1. The van der Waals surface area contributed by atoms with Crippen molar-refractivity contribution in [1.29, 1.82) is 0 Å². The van der Waals surface area contributed by atoms with E-state index in [1.807, 2.05) is 6.92 Å². The van der Waals surface area contributed by atoms with Crippen LogP contribution in [0.4, 0.5) is 5.69 Å². The molecule has 1 aromatic carbocycles. The number of nitro groups is 1. The molecular weight excluding hydrogens is 278 g/mol. The first-order valence-electron chi connectivity index (χ1n) is 6.97. The Labute approximate surface area is 123 Å². The molecule has 7 heteroatoms. The Morgan fingerprint density at radius 3 is 1.81 bits per heavy atom. The fraction of sp³-hybridized carbons (Fsp3) is 0.571. The molecule has 0 saturated carbocycles. The molecule has 0 unspecified atom stereocenters. The molecule has 7 nitrogen and oxygen atoms in total. The van der Waals surface area contributed by atoms with Crippen LogP contribution in [0.2, 0.25) is 0 Å². The fourth-order valence-electron chi connectivity index (χ4n) is 1.83. The van der Waals surface area contributed by atoms with Crippen LogP contribution in [0.3, 0.4) is 0 Å². The molecule has 0 aliphatic heterocycles. The van der Waals surface area contributed by atoms with Crippen molar-refractivity contribution >= 4 is 5.69 Å². The zero-order chi connectivity index (χ0) is 15.8. The van der Waals surface area contributed by atoms with Gasteiger partial charge in [0.05, 0.1) is 37.4 Å². The van der Waals surface area contributed by atoms with E-state index in [9.17, 15) is 10.1 Å². The summed E-state index contributed by atoms with van der Waals surface area (Å²) in [5.74, 6) is 0.878. The largest absolute Gasteiger partial charge is 0.490 e. The molecule has 0 atom stereocenters. The lowest BCUT2D eigenvalue weighted by Crippen LogP contribution is -2.07. The lowest BCUT2D eigenvalue weighted by atomic mass is 10.2. The molecule has 0 N–H and O–H groups in total. The highest BCUT2D eigenvalue weighted by atomic mass is 16.6. The molecule has 21 heavy (non-hydrogen) atoms. The van der Waals surface area contributed by atoms with Gasteiger partial charge >= 0.3 is 5.69 Å². The summed E-state index contributed by atoms with van der Waals surface area (Å²) in [6.45, 7) is 8.47. The van der Waals surface area contributed by atoms with E-state index >= 15 is 0 Å².